The van der Waals surface area contributed by atoms with Gasteiger partial charge in [0.15, 0.2) is 0 Å². The van der Waals surface area contributed by atoms with E-state index in [4.69, 9.17) is 0 Å². The Balaban J connectivity index is 1.20. The Morgan fingerprint density at radius 1 is 0.395 bits per heavy atom. The van der Waals surface area contributed by atoms with Gasteiger partial charge >= 0.3 is 0 Å². The first-order valence-electron chi connectivity index (χ1n) is 29.2. The van der Waals surface area contributed by atoms with Gasteiger partial charge in [-0.15, -0.1) is 0 Å². The van der Waals surface area contributed by atoms with Crippen LogP contribution in [0, 0.1) is 13.8 Å². The molecule has 4 aliphatic carbocycles. The lowest BCUT2D eigenvalue weighted by Gasteiger charge is -2.50. The minimum atomic E-state index is -0.265. The van der Waals surface area contributed by atoms with E-state index >= 15 is 0 Å². The van der Waals surface area contributed by atoms with Gasteiger partial charge in [-0.1, -0.05) is 178 Å². The summed E-state index contributed by atoms with van der Waals surface area (Å²) in [6.45, 7) is 45.1. The molecule has 0 N–H and O–H groups in total. The molecule has 76 heavy (non-hydrogen) atoms. The van der Waals surface area contributed by atoms with E-state index in [9.17, 15) is 0 Å². The summed E-state index contributed by atoms with van der Waals surface area (Å²) in [5.74, 6) is 0. The molecule has 386 valence electrons. The highest BCUT2D eigenvalue weighted by atomic mass is 15.2. The van der Waals surface area contributed by atoms with Crippen molar-refractivity contribution in [3.05, 3.63) is 170 Å². The first kappa shape index (κ1) is 48.6. The van der Waals surface area contributed by atoms with Crippen LogP contribution in [-0.4, -0.2) is 6.71 Å². The van der Waals surface area contributed by atoms with E-state index in [1.165, 1.54) is 153 Å². The van der Waals surface area contributed by atoms with Gasteiger partial charge in [0.25, 0.3) is 6.71 Å². The lowest BCUT2D eigenvalue weighted by atomic mass is 9.33. The second-order valence-electron chi connectivity index (χ2n) is 30.3. The van der Waals surface area contributed by atoms with Crippen molar-refractivity contribution in [3.63, 3.8) is 0 Å². The van der Waals surface area contributed by atoms with Gasteiger partial charge in [0, 0.05) is 50.5 Å². The highest BCUT2D eigenvalue weighted by Crippen LogP contribution is 2.62. The van der Waals surface area contributed by atoms with E-state index in [0.717, 1.165) is 12.8 Å². The molecule has 0 atom stereocenters. The predicted octanol–water partition coefficient (Wildman–Crippen LogP) is 17.7. The molecule has 0 fully saturated rings. The molecule has 0 amide bonds. The second-order valence-corrected chi connectivity index (χ2v) is 30.3. The summed E-state index contributed by atoms with van der Waals surface area (Å²) in [7, 11) is 0. The van der Waals surface area contributed by atoms with Crippen molar-refractivity contribution < 1.29 is 0 Å². The van der Waals surface area contributed by atoms with E-state index in [2.05, 4.69) is 238 Å². The Kier molecular flexibility index (Phi) is 9.37. The number of fused-ring (bicyclic) bond motifs is 12. The predicted molar refractivity (Wildman–Crippen MR) is 326 cm³/mol. The van der Waals surface area contributed by atoms with Gasteiger partial charge in [0.1, 0.15) is 0 Å². The molecular formula is C73H81BN2. The summed E-state index contributed by atoms with van der Waals surface area (Å²) < 4.78 is 0. The Morgan fingerprint density at radius 3 is 1.62 bits per heavy atom. The molecule has 3 heteroatoms. The van der Waals surface area contributed by atoms with Crippen molar-refractivity contribution in [3.8, 4) is 22.3 Å². The zero-order valence-electron chi connectivity index (χ0n) is 49.3. The summed E-state index contributed by atoms with van der Waals surface area (Å²) in [5, 5.41) is 0. The molecule has 3 aliphatic heterocycles. The van der Waals surface area contributed by atoms with Gasteiger partial charge in [-0.3, -0.25) is 0 Å². The fourth-order valence-corrected chi connectivity index (χ4v) is 17.5. The van der Waals surface area contributed by atoms with Crippen molar-refractivity contribution in [2.45, 2.75) is 200 Å². The molecule has 3 heterocycles. The average Bonchev–Trinajstić information content (AvgIpc) is 3.71. The molecular weight excluding hydrogens is 916 g/mol. The maximum Gasteiger partial charge on any atom is 0.252 e. The normalized spacial score (nSPS) is 21.5. The number of nitrogens with zero attached hydrogens (tertiary/aromatic N) is 2. The molecule has 0 spiro atoms. The van der Waals surface area contributed by atoms with Gasteiger partial charge in [-0.2, -0.15) is 0 Å². The SMILES string of the molecule is Cc1cc2c(cc1N1c3cc4c(cc3B3c5ccc6c7c5N(c5cc8c(c(c5C)C(C)(C)c5ccc(c-7c5)C6(C)C)C(C)(C)CCC8(C)C)c5cc(-c6ccccc6)cc1c53)C(C)(C)CC4(C)C)C(C)(C)CCC2(C)C. The quantitative estimate of drug-likeness (QED) is 0.159. The van der Waals surface area contributed by atoms with Crippen LogP contribution in [0.25, 0.3) is 22.3 Å². The highest BCUT2D eigenvalue weighted by molar-refractivity contribution is 7.00. The molecule has 0 radical (unpaired) electrons. The smallest absolute Gasteiger partial charge is 0.252 e. The summed E-state index contributed by atoms with van der Waals surface area (Å²) in [6, 6.07) is 42.8. The minimum absolute atomic E-state index is 0.00162. The lowest BCUT2D eigenvalue weighted by molar-refractivity contribution is 0.326. The number of benzene rings is 7. The number of rotatable bonds is 2. The van der Waals surface area contributed by atoms with Gasteiger partial charge < -0.3 is 9.80 Å². The van der Waals surface area contributed by atoms with Crippen LogP contribution in [0.2, 0.25) is 0 Å². The first-order valence-corrected chi connectivity index (χ1v) is 29.2. The number of aryl methyl sites for hydroxylation is 1. The number of hydrogen-bond acceptors (Lipinski definition) is 2. The third kappa shape index (κ3) is 6.13. The van der Waals surface area contributed by atoms with Crippen LogP contribution in [0.5, 0.6) is 0 Å². The van der Waals surface area contributed by atoms with E-state index in [-0.39, 0.29) is 50.0 Å². The molecule has 7 aromatic rings. The van der Waals surface area contributed by atoms with Gasteiger partial charge in [-0.05, 0) is 215 Å². The topological polar surface area (TPSA) is 6.48 Å². The van der Waals surface area contributed by atoms with E-state index in [1.807, 2.05) is 0 Å². The molecule has 14 rings (SSSR count). The molecule has 7 aliphatic rings. The van der Waals surface area contributed by atoms with Crippen molar-refractivity contribution in [1.29, 1.82) is 0 Å². The first-order chi connectivity index (χ1) is 35.5. The van der Waals surface area contributed by atoms with Crippen LogP contribution in [0.15, 0.2) is 103 Å². The Hall–Kier alpha value is -5.80. The zero-order chi connectivity index (χ0) is 53.7. The highest BCUT2D eigenvalue weighted by Gasteiger charge is 2.53. The molecule has 4 bridgehead atoms. The van der Waals surface area contributed by atoms with Gasteiger partial charge in [0.05, 0.1) is 0 Å². The van der Waals surface area contributed by atoms with Crippen LogP contribution in [0.4, 0.5) is 34.1 Å². The van der Waals surface area contributed by atoms with Crippen LogP contribution in [0.1, 0.15) is 210 Å². The van der Waals surface area contributed by atoms with Crippen LogP contribution < -0.4 is 26.2 Å². The monoisotopic (exact) mass is 997 g/mol. The third-order valence-corrected chi connectivity index (χ3v) is 21.8. The summed E-state index contributed by atoms with van der Waals surface area (Å²) in [5.41, 5.74) is 35.1. The summed E-state index contributed by atoms with van der Waals surface area (Å²) >= 11 is 0. The summed E-state index contributed by atoms with van der Waals surface area (Å²) in [4.78, 5) is 5.65. The van der Waals surface area contributed by atoms with Crippen molar-refractivity contribution in [2.75, 3.05) is 9.80 Å². The third-order valence-electron chi connectivity index (χ3n) is 21.8. The van der Waals surface area contributed by atoms with Crippen LogP contribution in [0.3, 0.4) is 0 Å². The standard InChI is InChI=1S/C73H81BN2/c1-41-32-49-51(67(5,6)29-28-66(49,3)4)37-56(41)75-58-38-52-50(70(11,12)40-71(52,13)14)36-55(58)74-54-27-26-48-61-46-35-45(24-25-47(46)73(48,17)18)72(15,16)62-42(2)57(39-53-63(62)69(9,10)31-30-68(53,7)8)76(65(54)61)60-34-44(33-59(75)64(60)74)43-22-20-19-21-23-43/h19-27,32-39H,28-31,40H2,1-18H3. The van der Waals surface area contributed by atoms with E-state index in [1.54, 1.807) is 5.56 Å². The van der Waals surface area contributed by atoms with Crippen LogP contribution in [-0.2, 0) is 43.3 Å². The molecule has 0 saturated heterocycles. The average molecular weight is 997 g/mol. The molecule has 0 saturated carbocycles. The van der Waals surface area contributed by atoms with E-state index in [0.29, 0.717) is 0 Å². The Morgan fingerprint density at radius 2 is 0.947 bits per heavy atom. The van der Waals surface area contributed by atoms with Crippen LogP contribution >= 0.6 is 0 Å². The van der Waals surface area contributed by atoms with Gasteiger partial charge in [-0.25, -0.2) is 0 Å². The minimum Gasteiger partial charge on any atom is -0.311 e. The lowest BCUT2D eigenvalue weighted by Crippen LogP contribution is -2.62. The molecule has 2 nitrogen and oxygen atoms in total. The Labute approximate surface area is 456 Å². The van der Waals surface area contributed by atoms with E-state index < -0.39 is 0 Å². The van der Waals surface area contributed by atoms with Crippen molar-refractivity contribution in [1.82, 2.24) is 0 Å². The fraction of sp³-hybridized carbons (Fsp3) is 0.425. The molecule has 0 aromatic heterocycles. The van der Waals surface area contributed by atoms with Crippen molar-refractivity contribution in [2.24, 2.45) is 0 Å². The molecule has 0 unspecified atom stereocenters. The molecule has 7 aromatic carbocycles. The maximum absolute atomic E-state index is 2.86. The van der Waals surface area contributed by atoms with Gasteiger partial charge in [0.2, 0.25) is 0 Å². The number of anilines is 6. The fourth-order valence-electron chi connectivity index (χ4n) is 17.5. The maximum atomic E-state index is 2.86. The second kappa shape index (κ2) is 14.7. The zero-order valence-corrected chi connectivity index (χ0v) is 49.3. The summed E-state index contributed by atoms with van der Waals surface area (Å²) in [6.07, 6.45) is 5.82. The Bertz CT molecular complexity index is 3770. The van der Waals surface area contributed by atoms with Crippen molar-refractivity contribution >= 4 is 57.2 Å². The largest absolute Gasteiger partial charge is 0.311 e. The number of hydrogen-bond donors (Lipinski definition) is 0.